The van der Waals surface area contributed by atoms with Crippen molar-refractivity contribution in [2.24, 2.45) is 0 Å². The lowest BCUT2D eigenvalue weighted by Gasteiger charge is -2.14. The van der Waals surface area contributed by atoms with Gasteiger partial charge in [0.2, 0.25) is 0 Å². The summed E-state index contributed by atoms with van der Waals surface area (Å²) >= 11 is 6.03. The van der Waals surface area contributed by atoms with E-state index in [1.807, 2.05) is 63.5 Å². The van der Waals surface area contributed by atoms with Crippen LogP contribution in [0, 0.1) is 6.92 Å². The van der Waals surface area contributed by atoms with Crippen molar-refractivity contribution in [3.05, 3.63) is 65.4 Å². The molecule has 25 heavy (non-hydrogen) atoms. The molecule has 0 spiro atoms. The minimum atomic E-state index is 0.676. The Morgan fingerprint density at radius 3 is 2.08 bits per heavy atom. The predicted molar refractivity (Wildman–Crippen MR) is 106 cm³/mol. The Kier molecular flexibility index (Phi) is 5.05. The molecule has 5 nitrogen and oxygen atoms in total. The zero-order valence-corrected chi connectivity index (χ0v) is 15.2. The summed E-state index contributed by atoms with van der Waals surface area (Å²) < 4.78 is 0. The lowest BCUT2D eigenvalue weighted by molar-refractivity contribution is 1.06. The molecule has 1 aromatic heterocycles. The van der Waals surface area contributed by atoms with Gasteiger partial charge in [0, 0.05) is 42.2 Å². The van der Waals surface area contributed by atoms with Crippen LogP contribution in [-0.2, 0) is 0 Å². The van der Waals surface area contributed by atoms with Gasteiger partial charge in [0.15, 0.2) is 0 Å². The molecule has 0 atom stereocenters. The fourth-order valence-electron chi connectivity index (χ4n) is 2.40. The molecule has 0 aliphatic carbocycles. The number of nitrogens with one attached hydrogen (secondary N) is 2. The number of benzene rings is 2. The third-order valence-electron chi connectivity index (χ3n) is 3.59. The smallest absolute Gasteiger partial charge is 0.136 e. The molecule has 0 bridgehead atoms. The van der Waals surface area contributed by atoms with Crippen LogP contribution in [0.5, 0.6) is 0 Å². The van der Waals surface area contributed by atoms with Crippen LogP contribution in [-0.4, -0.2) is 24.1 Å². The Balaban J connectivity index is 1.79. The van der Waals surface area contributed by atoms with Crippen molar-refractivity contribution in [3.63, 3.8) is 0 Å². The van der Waals surface area contributed by atoms with Crippen LogP contribution < -0.4 is 15.5 Å². The fraction of sp³-hybridized carbons (Fsp3) is 0.158. The Morgan fingerprint density at radius 2 is 1.48 bits per heavy atom. The quantitative estimate of drug-likeness (QED) is 0.676. The highest BCUT2D eigenvalue weighted by molar-refractivity contribution is 6.30. The summed E-state index contributed by atoms with van der Waals surface area (Å²) in [6, 6.07) is 17.6. The standard InChI is InChI=1S/C19H20ClN5/c1-13-21-18(23-15-7-9-17(10-8-15)25(2)3)12-19(22-13)24-16-6-4-5-14(20)11-16/h4-12H,1-3H3,(H2,21,22,23,24). The van der Waals surface area contributed by atoms with Crippen LogP contribution in [0.4, 0.5) is 28.7 Å². The van der Waals surface area contributed by atoms with Gasteiger partial charge in [0.05, 0.1) is 0 Å². The van der Waals surface area contributed by atoms with E-state index >= 15 is 0 Å². The fourth-order valence-corrected chi connectivity index (χ4v) is 2.59. The summed E-state index contributed by atoms with van der Waals surface area (Å²) in [6.07, 6.45) is 0. The Hall–Kier alpha value is -2.79. The van der Waals surface area contributed by atoms with Crippen molar-refractivity contribution in [1.29, 1.82) is 0 Å². The number of nitrogens with zero attached hydrogens (tertiary/aromatic N) is 3. The molecule has 2 N–H and O–H groups in total. The van der Waals surface area contributed by atoms with Crippen LogP contribution in [0.3, 0.4) is 0 Å². The molecule has 0 fully saturated rings. The molecule has 6 heteroatoms. The summed E-state index contributed by atoms with van der Waals surface area (Å²) in [5.41, 5.74) is 3.00. The Bertz CT molecular complexity index is 862. The van der Waals surface area contributed by atoms with Crippen molar-refractivity contribution in [2.75, 3.05) is 29.6 Å². The SMILES string of the molecule is Cc1nc(Nc2ccc(N(C)C)cc2)cc(Nc2cccc(Cl)c2)n1. The van der Waals surface area contributed by atoms with E-state index in [4.69, 9.17) is 11.6 Å². The lowest BCUT2D eigenvalue weighted by atomic mass is 10.2. The average Bonchev–Trinajstić information content (AvgIpc) is 2.54. The minimum Gasteiger partial charge on any atom is -0.378 e. The van der Waals surface area contributed by atoms with Crippen molar-refractivity contribution in [2.45, 2.75) is 6.92 Å². The largest absolute Gasteiger partial charge is 0.378 e. The van der Waals surface area contributed by atoms with Gasteiger partial charge in [0.1, 0.15) is 17.5 Å². The molecular formula is C19H20ClN5. The van der Waals surface area contributed by atoms with Gasteiger partial charge in [0.25, 0.3) is 0 Å². The van der Waals surface area contributed by atoms with E-state index in [0.29, 0.717) is 16.7 Å². The summed E-state index contributed by atoms with van der Waals surface area (Å²) in [5.74, 6) is 2.12. The second kappa shape index (κ2) is 7.40. The monoisotopic (exact) mass is 353 g/mol. The molecule has 0 aliphatic rings. The first-order chi connectivity index (χ1) is 12.0. The molecule has 0 amide bonds. The average molecular weight is 354 g/mol. The third-order valence-corrected chi connectivity index (χ3v) is 3.83. The molecular weight excluding hydrogens is 334 g/mol. The predicted octanol–water partition coefficient (Wildman–Crippen LogP) is 4.99. The van der Waals surface area contributed by atoms with Gasteiger partial charge in [-0.05, 0) is 49.4 Å². The van der Waals surface area contributed by atoms with Crippen molar-refractivity contribution in [3.8, 4) is 0 Å². The minimum absolute atomic E-state index is 0.676. The van der Waals surface area contributed by atoms with Gasteiger partial charge in [-0.1, -0.05) is 17.7 Å². The second-order valence-corrected chi connectivity index (χ2v) is 6.32. The number of halogens is 1. The van der Waals surface area contributed by atoms with Crippen LogP contribution in [0.25, 0.3) is 0 Å². The van der Waals surface area contributed by atoms with Crippen LogP contribution >= 0.6 is 11.6 Å². The lowest BCUT2D eigenvalue weighted by Crippen LogP contribution is -2.08. The van der Waals surface area contributed by atoms with E-state index in [2.05, 4.69) is 37.6 Å². The van der Waals surface area contributed by atoms with Crippen LogP contribution in [0.1, 0.15) is 5.82 Å². The van der Waals surface area contributed by atoms with Crippen molar-refractivity contribution >= 4 is 40.3 Å². The van der Waals surface area contributed by atoms with Crippen molar-refractivity contribution in [1.82, 2.24) is 9.97 Å². The highest BCUT2D eigenvalue weighted by atomic mass is 35.5. The van der Waals surface area contributed by atoms with E-state index in [1.54, 1.807) is 0 Å². The molecule has 0 radical (unpaired) electrons. The number of aromatic nitrogens is 2. The highest BCUT2D eigenvalue weighted by Crippen LogP contribution is 2.23. The van der Waals surface area contributed by atoms with Gasteiger partial charge >= 0.3 is 0 Å². The number of aryl methyl sites for hydroxylation is 1. The maximum Gasteiger partial charge on any atom is 0.136 e. The maximum absolute atomic E-state index is 6.03. The number of anilines is 5. The van der Waals surface area contributed by atoms with Gasteiger partial charge in [-0.15, -0.1) is 0 Å². The first-order valence-electron chi connectivity index (χ1n) is 7.92. The number of rotatable bonds is 5. The topological polar surface area (TPSA) is 53.1 Å². The van der Waals surface area contributed by atoms with E-state index in [1.165, 1.54) is 0 Å². The summed E-state index contributed by atoms with van der Waals surface area (Å²) in [7, 11) is 4.04. The van der Waals surface area contributed by atoms with Gasteiger partial charge < -0.3 is 15.5 Å². The number of hydrogen-bond acceptors (Lipinski definition) is 5. The highest BCUT2D eigenvalue weighted by Gasteiger charge is 2.04. The number of hydrogen-bond donors (Lipinski definition) is 2. The van der Waals surface area contributed by atoms with Crippen LogP contribution in [0.2, 0.25) is 5.02 Å². The zero-order chi connectivity index (χ0) is 17.8. The van der Waals surface area contributed by atoms with Crippen LogP contribution in [0.15, 0.2) is 54.6 Å². The Labute approximate surface area is 152 Å². The van der Waals surface area contributed by atoms with E-state index < -0.39 is 0 Å². The molecule has 0 saturated carbocycles. The normalized spacial score (nSPS) is 10.4. The molecule has 3 rings (SSSR count). The van der Waals surface area contributed by atoms with Gasteiger partial charge in [-0.25, -0.2) is 9.97 Å². The van der Waals surface area contributed by atoms with E-state index in [-0.39, 0.29) is 0 Å². The van der Waals surface area contributed by atoms with E-state index in [9.17, 15) is 0 Å². The summed E-state index contributed by atoms with van der Waals surface area (Å²) in [6.45, 7) is 1.86. The van der Waals surface area contributed by atoms with Gasteiger partial charge in [-0.3, -0.25) is 0 Å². The summed E-state index contributed by atoms with van der Waals surface area (Å²) in [4.78, 5) is 10.9. The van der Waals surface area contributed by atoms with E-state index in [0.717, 1.165) is 22.9 Å². The molecule has 3 aromatic rings. The Morgan fingerprint density at radius 1 is 0.840 bits per heavy atom. The zero-order valence-electron chi connectivity index (χ0n) is 14.4. The van der Waals surface area contributed by atoms with Crippen molar-refractivity contribution < 1.29 is 0 Å². The molecule has 0 aliphatic heterocycles. The molecule has 0 unspecified atom stereocenters. The van der Waals surface area contributed by atoms with Gasteiger partial charge in [-0.2, -0.15) is 0 Å². The molecule has 0 saturated heterocycles. The maximum atomic E-state index is 6.03. The molecule has 1 heterocycles. The molecule has 128 valence electrons. The first-order valence-corrected chi connectivity index (χ1v) is 8.30. The third kappa shape index (κ3) is 4.61. The molecule has 2 aromatic carbocycles. The first kappa shape index (κ1) is 17.0. The summed E-state index contributed by atoms with van der Waals surface area (Å²) in [5, 5.41) is 7.24. The second-order valence-electron chi connectivity index (χ2n) is 5.89.